The van der Waals surface area contributed by atoms with Crippen molar-refractivity contribution in [2.45, 2.75) is 112 Å². The zero-order valence-corrected chi connectivity index (χ0v) is 62.4. The number of rotatable bonds is 9. The van der Waals surface area contributed by atoms with Gasteiger partial charge in [-0.1, -0.05) is 134 Å². The number of nitrogens with zero attached hydrogens (tertiary/aromatic N) is 19. The summed E-state index contributed by atoms with van der Waals surface area (Å²) in [5.41, 5.74) is 8.91. The van der Waals surface area contributed by atoms with E-state index in [-0.39, 0.29) is 23.7 Å². The van der Waals surface area contributed by atoms with Crippen molar-refractivity contribution >= 4 is 175 Å². The Kier molecular flexibility index (Phi) is 35.0. The standard InChI is InChI=1S/C12H15N5O2.C11H14BrNO2.C9H11N5O2.C9H9N5O2.CHI3.CH2I2.CH2N4.2HI.V/c1-8-11-10(6-18-12(2,3)19-11)9(4-13-8)5-17-7-14-15-16-17;1-7-10-9(8(4-12)5-13-7)6-14-11(2,3)15-10;2*1-6-9(16)8(4-15)7(2-10-6)3-14-5-11-12-13-14;2-1(3)4;2-1-3;1-2-4-5-3-1;;;/h4,7H,5-6H2,1-3H3;5H,4,6H2,1-3H3;2,5,15-16H,3-4H2,1H3;2,4-5,16H,3H2,1H3;1H;1H2;1H,(H,2,3,4,5);2*1H;/q;;;;;;;;;+2/p-2. The number of fused-ring (bicyclic) bond motifs is 2. The molecule has 4 N–H and O–H groups in total. The third-order valence-corrected chi connectivity index (χ3v) is 10.9. The molecule has 10 heterocycles. The molecule has 0 spiro atoms. The summed E-state index contributed by atoms with van der Waals surface area (Å²) in [5, 5.41) is 73.9. The van der Waals surface area contributed by atoms with E-state index in [0.29, 0.717) is 76.7 Å². The van der Waals surface area contributed by atoms with Gasteiger partial charge in [0.25, 0.3) is 0 Å². The minimum Gasteiger partial charge on any atom is -0.177 e. The summed E-state index contributed by atoms with van der Waals surface area (Å²) in [6.45, 7) is 16.9. The summed E-state index contributed by atoms with van der Waals surface area (Å²) in [4.78, 5) is 27.6. The maximum atomic E-state index is 10.9. The maximum Gasteiger partial charge on any atom is 0.161 e. The average Bonchev–Trinajstić information content (AvgIpc) is 4.32. The summed E-state index contributed by atoms with van der Waals surface area (Å²) in [7, 11) is 0.628. The molecule has 0 saturated heterocycles. The molecule has 8 aromatic heterocycles. The van der Waals surface area contributed by atoms with E-state index < -0.39 is 11.6 Å². The van der Waals surface area contributed by atoms with Crippen LogP contribution in [0.15, 0.2) is 50.1 Å². The van der Waals surface area contributed by atoms with Crippen LogP contribution in [0.25, 0.3) is 0 Å². The van der Waals surface area contributed by atoms with Gasteiger partial charge in [-0.05, 0) is 64.5 Å². The second-order valence-electron chi connectivity index (χ2n) is 16.7. The zero-order valence-electron chi connectivity index (χ0n) is 44.3. The number of halogens is 8. The number of aromatic hydroxyl groups is 2. The first-order valence-electron chi connectivity index (χ1n) is 22.9. The van der Waals surface area contributed by atoms with E-state index >= 15 is 0 Å². The van der Waals surface area contributed by atoms with Gasteiger partial charge in [-0.3, -0.25) is 24.7 Å². The fourth-order valence-electron chi connectivity index (χ4n) is 6.55. The topological polar surface area (TPSA) is 351 Å². The monoisotopic (exact) mass is 2010 g/mol. The van der Waals surface area contributed by atoms with Crippen LogP contribution in [-0.2, 0) is 63.7 Å². The van der Waals surface area contributed by atoms with Crippen molar-refractivity contribution in [3.05, 3.63) is 117 Å². The minimum absolute atomic E-state index is 0.0214. The first kappa shape index (κ1) is 73.1. The van der Waals surface area contributed by atoms with Crippen molar-refractivity contribution < 1.29 is 48.5 Å². The van der Waals surface area contributed by atoms with Crippen LogP contribution in [0.4, 0.5) is 0 Å². The predicted molar refractivity (Wildman–Crippen MR) is 354 cm³/mol. The minimum atomic E-state index is -0.618. The Balaban J connectivity index is 0.000000262. The molecule has 0 amide bonds. The van der Waals surface area contributed by atoms with Gasteiger partial charge in [0.2, 0.25) is 11.6 Å². The Morgan fingerprint density at radius 3 is 1.46 bits per heavy atom. The number of alkyl halides is 6. The Hall–Kier alpha value is -2.20. The van der Waals surface area contributed by atoms with Gasteiger partial charge in [0.1, 0.15) is 41.9 Å². The Labute approximate surface area is 571 Å². The summed E-state index contributed by atoms with van der Waals surface area (Å²) < 4.78 is 29.5. The normalized spacial score (nSPS) is 12.8. The van der Waals surface area contributed by atoms with E-state index in [2.05, 4.69) is 256 Å². The predicted octanol–water partition coefficient (Wildman–Crippen LogP) is 8.92. The molecule has 0 unspecified atom stereocenters. The molecular weight excluding hydrogens is 1960 g/mol. The smallest absolute Gasteiger partial charge is 0.161 e. The number of carbonyl (C=O) groups excluding carboxylic acids is 1. The van der Waals surface area contributed by atoms with Crippen LogP contribution >= 0.6 is 169 Å². The molecule has 0 aromatic carbocycles. The van der Waals surface area contributed by atoms with E-state index in [4.69, 9.17) is 18.9 Å². The van der Waals surface area contributed by atoms with Crippen molar-refractivity contribution in [1.82, 2.24) is 101 Å². The number of H-pyrrole nitrogens is 1. The molecule has 81 heavy (non-hydrogen) atoms. The van der Waals surface area contributed by atoms with Crippen LogP contribution in [0.5, 0.6) is 23.0 Å². The Morgan fingerprint density at radius 1 is 0.679 bits per heavy atom. The second-order valence-corrected chi connectivity index (χ2v) is 44.3. The van der Waals surface area contributed by atoms with E-state index in [1.807, 2.05) is 53.9 Å². The SMILES string of the molecule is Cc1ncc(CBr)c2c1OC(C)(C)OC2.Cc1ncc(Cn2cnnn2)c(C=O)c1O.Cc1ncc(Cn2cnnn2)c(CO)c1O.Cc1ncc(Cn2cnnn2)c2c1OC(C)(C)OC2.IC(I)I.ICI.[I][V][I].c1nn[nH]n1. The first-order chi connectivity index (χ1) is 38.6. The Bertz CT molecular complexity index is 3050. The van der Waals surface area contributed by atoms with Crippen LogP contribution in [-0.4, -0.2) is 137 Å². The molecule has 0 saturated carbocycles. The molecule has 8 aromatic rings. The van der Waals surface area contributed by atoms with E-state index in [0.717, 1.165) is 50.4 Å². The van der Waals surface area contributed by atoms with Gasteiger partial charge in [-0.25, -0.2) is 14.0 Å². The number of ether oxygens (including phenoxy) is 4. The molecule has 439 valence electrons. The summed E-state index contributed by atoms with van der Waals surface area (Å²) >= 11 is 19.7. The quantitative estimate of drug-likeness (QED) is 0.0595. The van der Waals surface area contributed by atoms with Crippen molar-refractivity contribution in [2.24, 2.45) is 0 Å². The molecule has 2 aliphatic heterocycles. The number of aromatic nitrogens is 20. The summed E-state index contributed by atoms with van der Waals surface area (Å²) in [6, 6.07) is 0. The number of aryl methyl sites for hydroxylation is 4. The Morgan fingerprint density at radius 2 is 1.07 bits per heavy atom. The molecule has 0 bridgehead atoms. The number of hydrogen-bond acceptors (Lipinski definition) is 24. The van der Waals surface area contributed by atoms with Crippen LogP contribution in [0.3, 0.4) is 0 Å². The molecule has 0 atom stereocenters. The third kappa shape index (κ3) is 25.7. The van der Waals surface area contributed by atoms with Crippen LogP contribution in [0.1, 0.15) is 99.8 Å². The molecule has 0 aliphatic carbocycles. The molecule has 37 heteroatoms. The number of aromatic amines is 1. The molecule has 0 fully saturated rings. The van der Waals surface area contributed by atoms with Crippen molar-refractivity contribution in [1.29, 1.82) is 0 Å². The maximum absolute atomic E-state index is 10.9. The van der Waals surface area contributed by atoms with Gasteiger partial charge in [0.15, 0.2) is 12.6 Å². The second kappa shape index (κ2) is 38.8. The van der Waals surface area contributed by atoms with Gasteiger partial charge in [0.05, 0.1) is 70.2 Å². The van der Waals surface area contributed by atoms with E-state index in [1.165, 1.54) is 37.0 Å². The number of tetrazole rings is 4. The van der Waals surface area contributed by atoms with Gasteiger partial charge in [-0.15, -0.1) is 25.5 Å². The van der Waals surface area contributed by atoms with Gasteiger partial charge in [0, 0.05) is 91.2 Å². The van der Waals surface area contributed by atoms with E-state index in [9.17, 15) is 20.1 Å². The van der Waals surface area contributed by atoms with Crippen LogP contribution in [0, 0.1) is 27.7 Å². The average molecular weight is 2010 g/mol. The molecule has 2 aliphatic rings. The zero-order chi connectivity index (χ0) is 60.1. The van der Waals surface area contributed by atoms with Gasteiger partial charge >= 0.3 is 49.4 Å². The first-order valence-corrected chi connectivity index (χ1v) is 39.8. The van der Waals surface area contributed by atoms with Crippen molar-refractivity contribution in [2.75, 3.05) is 2.43 Å². The molecule has 10 rings (SSSR count). The van der Waals surface area contributed by atoms with Crippen molar-refractivity contribution in [3.63, 3.8) is 0 Å². The number of pyridine rings is 4. The third-order valence-electron chi connectivity index (χ3n) is 10.3. The van der Waals surface area contributed by atoms with Crippen molar-refractivity contribution in [3.8, 4) is 23.0 Å². The molecule has 28 nitrogen and oxygen atoms in total. The number of hydrogen-bond donors (Lipinski definition) is 4. The molecule has 0 radical (unpaired) electrons. The summed E-state index contributed by atoms with van der Waals surface area (Å²) in [6.07, 6.45) is 13.2. The summed E-state index contributed by atoms with van der Waals surface area (Å²) in [5.74, 6) is 0.440. The van der Waals surface area contributed by atoms with Gasteiger partial charge in [-0.2, -0.15) is 5.21 Å². The van der Waals surface area contributed by atoms with E-state index in [1.54, 1.807) is 31.1 Å². The number of aldehydes is 1. The number of nitrogens with one attached hydrogen (secondary N) is 1. The van der Waals surface area contributed by atoms with Gasteiger partial charge < -0.3 is 34.3 Å². The number of carbonyl (C=O) groups is 1. The largest absolute Gasteiger partial charge is 0.177 e. The number of aliphatic hydroxyl groups excluding tert-OH is 1. The fourth-order valence-corrected chi connectivity index (χ4v) is 7.03. The number of aliphatic hydroxyl groups is 1. The van der Waals surface area contributed by atoms with Crippen LogP contribution in [0.2, 0.25) is 0 Å². The molecular formula is C44H54BrI7N20O8V. The fraction of sp³-hybridized carbons (Fsp3) is 0.432. The van der Waals surface area contributed by atoms with Crippen LogP contribution < -0.4 is 9.47 Å².